The van der Waals surface area contributed by atoms with Crippen molar-refractivity contribution in [2.24, 2.45) is 0 Å². The Morgan fingerprint density at radius 3 is 2.61 bits per heavy atom. The summed E-state index contributed by atoms with van der Waals surface area (Å²) in [5, 5.41) is 7.35. The Morgan fingerprint density at radius 1 is 0.893 bits per heavy atom. The number of pyridine rings is 2. The lowest BCUT2D eigenvalue weighted by Gasteiger charge is -2.11. The molecule has 0 saturated heterocycles. The van der Waals surface area contributed by atoms with Gasteiger partial charge in [-0.15, -0.1) is 0 Å². The number of nitrogens with one attached hydrogen (secondary N) is 2. The number of fused-ring (bicyclic) bond motifs is 1. The van der Waals surface area contributed by atoms with Gasteiger partial charge in [0.2, 0.25) is 0 Å². The standard InChI is InChI=1S/C23H20N4O/c1-2-16-7-3-4-10-19(16)27-23(28)21-15-18(12-14-24-21)26-20-11-5-8-17-9-6-13-25-22(17)20/h3-15H,2H2,1H3,(H,24,26)(H,27,28). The zero-order valence-electron chi connectivity index (χ0n) is 15.5. The van der Waals surface area contributed by atoms with E-state index in [1.54, 1.807) is 18.5 Å². The summed E-state index contributed by atoms with van der Waals surface area (Å²) >= 11 is 0. The molecule has 5 heteroatoms. The molecule has 0 bridgehead atoms. The average Bonchev–Trinajstić information content (AvgIpc) is 2.74. The van der Waals surface area contributed by atoms with E-state index in [1.165, 1.54) is 0 Å². The van der Waals surface area contributed by atoms with E-state index < -0.39 is 0 Å². The molecule has 138 valence electrons. The molecule has 0 fully saturated rings. The second kappa shape index (κ2) is 7.88. The Hall–Kier alpha value is -3.73. The van der Waals surface area contributed by atoms with Gasteiger partial charge < -0.3 is 10.6 Å². The third-order valence-corrected chi connectivity index (χ3v) is 4.55. The highest BCUT2D eigenvalue weighted by atomic mass is 16.1. The van der Waals surface area contributed by atoms with Crippen molar-refractivity contribution >= 4 is 33.9 Å². The highest BCUT2D eigenvalue weighted by Crippen LogP contribution is 2.25. The van der Waals surface area contributed by atoms with Crippen LogP contribution in [0.25, 0.3) is 10.9 Å². The van der Waals surface area contributed by atoms with Gasteiger partial charge in [0.05, 0.1) is 11.2 Å². The van der Waals surface area contributed by atoms with Crippen molar-refractivity contribution in [2.45, 2.75) is 13.3 Å². The van der Waals surface area contributed by atoms with E-state index >= 15 is 0 Å². The van der Waals surface area contributed by atoms with E-state index in [-0.39, 0.29) is 5.91 Å². The first-order chi connectivity index (χ1) is 13.7. The van der Waals surface area contributed by atoms with Gasteiger partial charge in [0.1, 0.15) is 5.69 Å². The summed E-state index contributed by atoms with van der Waals surface area (Å²) < 4.78 is 0. The number of rotatable bonds is 5. The quantitative estimate of drug-likeness (QED) is 0.509. The third kappa shape index (κ3) is 3.69. The van der Waals surface area contributed by atoms with Gasteiger partial charge in [-0.2, -0.15) is 0 Å². The van der Waals surface area contributed by atoms with Gasteiger partial charge in [0.25, 0.3) is 5.91 Å². The number of para-hydroxylation sites is 2. The molecule has 2 aromatic carbocycles. The van der Waals surface area contributed by atoms with Crippen LogP contribution in [0.4, 0.5) is 17.1 Å². The molecule has 0 aliphatic carbocycles. The van der Waals surface area contributed by atoms with E-state index in [2.05, 4.69) is 27.5 Å². The first-order valence-electron chi connectivity index (χ1n) is 9.20. The highest BCUT2D eigenvalue weighted by Gasteiger charge is 2.11. The van der Waals surface area contributed by atoms with Gasteiger partial charge in [-0.05, 0) is 42.3 Å². The van der Waals surface area contributed by atoms with E-state index in [4.69, 9.17) is 0 Å². The van der Waals surface area contributed by atoms with Gasteiger partial charge in [0.15, 0.2) is 0 Å². The Labute approximate surface area is 163 Å². The summed E-state index contributed by atoms with van der Waals surface area (Å²) in [6, 6.07) is 21.3. The summed E-state index contributed by atoms with van der Waals surface area (Å²) in [5.41, 5.74) is 4.79. The molecule has 28 heavy (non-hydrogen) atoms. The normalized spacial score (nSPS) is 10.6. The Kier molecular flexibility index (Phi) is 4.97. The van der Waals surface area contributed by atoms with Crippen LogP contribution >= 0.6 is 0 Å². The molecule has 0 atom stereocenters. The molecule has 2 N–H and O–H groups in total. The monoisotopic (exact) mass is 368 g/mol. The van der Waals surface area contributed by atoms with Crippen LogP contribution in [0, 0.1) is 0 Å². The van der Waals surface area contributed by atoms with Gasteiger partial charge in [-0.3, -0.25) is 14.8 Å². The molecule has 0 radical (unpaired) electrons. The summed E-state index contributed by atoms with van der Waals surface area (Å²) in [6.45, 7) is 2.06. The number of aryl methyl sites for hydroxylation is 1. The van der Waals surface area contributed by atoms with Crippen molar-refractivity contribution in [1.82, 2.24) is 9.97 Å². The van der Waals surface area contributed by atoms with Crippen molar-refractivity contribution < 1.29 is 4.79 Å². The molecule has 0 aliphatic rings. The topological polar surface area (TPSA) is 66.9 Å². The molecule has 0 saturated carbocycles. The van der Waals surface area contributed by atoms with Crippen molar-refractivity contribution in [3.63, 3.8) is 0 Å². The maximum absolute atomic E-state index is 12.7. The molecule has 4 aromatic rings. The third-order valence-electron chi connectivity index (χ3n) is 4.55. The molecular weight excluding hydrogens is 348 g/mol. The largest absolute Gasteiger partial charge is 0.354 e. The maximum Gasteiger partial charge on any atom is 0.274 e. The fourth-order valence-corrected chi connectivity index (χ4v) is 3.13. The van der Waals surface area contributed by atoms with E-state index in [1.807, 2.05) is 60.7 Å². The molecular formula is C23H20N4O. The molecule has 4 rings (SSSR count). The van der Waals surface area contributed by atoms with Gasteiger partial charge in [-0.1, -0.05) is 43.3 Å². The Morgan fingerprint density at radius 2 is 1.71 bits per heavy atom. The predicted octanol–water partition coefficient (Wildman–Crippen LogP) is 5.19. The maximum atomic E-state index is 12.7. The van der Waals surface area contributed by atoms with Gasteiger partial charge >= 0.3 is 0 Å². The van der Waals surface area contributed by atoms with Crippen LogP contribution in [0.5, 0.6) is 0 Å². The van der Waals surface area contributed by atoms with Crippen LogP contribution in [-0.4, -0.2) is 15.9 Å². The highest BCUT2D eigenvalue weighted by molar-refractivity contribution is 6.04. The molecule has 2 aromatic heterocycles. The van der Waals surface area contributed by atoms with Gasteiger partial charge in [0, 0.05) is 29.2 Å². The van der Waals surface area contributed by atoms with Crippen LogP contribution in [0.15, 0.2) is 79.1 Å². The minimum atomic E-state index is -0.236. The number of hydrogen-bond donors (Lipinski definition) is 2. The zero-order valence-corrected chi connectivity index (χ0v) is 15.5. The first-order valence-corrected chi connectivity index (χ1v) is 9.20. The lowest BCUT2D eigenvalue weighted by Crippen LogP contribution is -2.15. The summed E-state index contributed by atoms with van der Waals surface area (Å²) in [7, 11) is 0. The van der Waals surface area contributed by atoms with Crippen LogP contribution < -0.4 is 10.6 Å². The number of carbonyl (C=O) groups excluding carboxylic acids is 1. The van der Waals surface area contributed by atoms with Crippen molar-refractivity contribution in [3.05, 3.63) is 90.4 Å². The lowest BCUT2D eigenvalue weighted by atomic mass is 10.1. The number of anilines is 3. The van der Waals surface area contributed by atoms with Crippen molar-refractivity contribution in [3.8, 4) is 0 Å². The number of hydrogen-bond acceptors (Lipinski definition) is 4. The average molecular weight is 368 g/mol. The number of carbonyl (C=O) groups is 1. The second-order valence-corrected chi connectivity index (χ2v) is 6.40. The van der Waals surface area contributed by atoms with Gasteiger partial charge in [-0.25, -0.2) is 0 Å². The van der Waals surface area contributed by atoms with Crippen LogP contribution in [0.2, 0.25) is 0 Å². The molecule has 0 spiro atoms. The molecule has 5 nitrogen and oxygen atoms in total. The minimum Gasteiger partial charge on any atom is -0.354 e. The number of aromatic nitrogens is 2. The summed E-state index contributed by atoms with van der Waals surface area (Å²) in [6.07, 6.45) is 4.24. The summed E-state index contributed by atoms with van der Waals surface area (Å²) in [5.74, 6) is -0.236. The van der Waals surface area contributed by atoms with Crippen LogP contribution in [-0.2, 0) is 6.42 Å². The van der Waals surface area contributed by atoms with Crippen LogP contribution in [0.1, 0.15) is 23.0 Å². The second-order valence-electron chi connectivity index (χ2n) is 6.40. The fraction of sp³-hybridized carbons (Fsp3) is 0.0870. The summed E-state index contributed by atoms with van der Waals surface area (Å²) in [4.78, 5) is 21.4. The predicted molar refractivity (Wildman–Crippen MR) is 113 cm³/mol. The van der Waals surface area contributed by atoms with E-state index in [0.29, 0.717) is 5.69 Å². The smallest absolute Gasteiger partial charge is 0.274 e. The SMILES string of the molecule is CCc1ccccc1NC(=O)c1cc(Nc2cccc3cccnc23)ccn1. The fourth-order valence-electron chi connectivity index (χ4n) is 3.13. The minimum absolute atomic E-state index is 0.236. The van der Waals surface area contributed by atoms with Crippen LogP contribution in [0.3, 0.4) is 0 Å². The Balaban J connectivity index is 1.58. The Bertz CT molecular complexity index is 1130. The first kappa shape index (κ1) is 17.7. The molecule has 2 heterocycles. The number of nitrogens with zero attached hydrogens (tertiary/aromatic N) is 2. The van der Waals surface area contributed by atoms with E-state index in [0.717, 1.165) is 39.9 Å². The lowest BCUT2D eigenvalue weighted by molar-refractivity contribution is 0.102. The van der Waals surface area contributed by atoms with Crippen molar-refractivity contribution in [1.29, 1.82) is 0 Å². The molecule has 0 aliphatic heterocycles. The molecule has 0 unspecified atom stereocenters. The zero-order chi connectivity index (χ0) is 19.3. The van der Waals surface area contributed by atoms with Crippen molar-refractivity contribution in [2.75, 3.05) is 10.6 Å². The van der Waals surface area contributed by atoms with E-state index in [9.17, 15) is 4.79 Å². The molecule has 1 amide bonds. The number of amides is 1. The number of benzene rings is 2.